The first kappa shape index (κ1) is 7.31. The Hall–Kier alpha value is -0.800. The molecule has 1 aliphatic heterocycles. The second kappa shape index (κ2) is 2.11. The van der Waals surface area contributed by atoms with Crippen LogP contribution in [0, 0.1) is 0 Å². The van der Waals surface area contributed by atoms with Gasteiger partial charge >= 0.3 is 6.48 Å². The topological polar surface area (TPSA) is 38.7 Å². The summed E-state index contributed by atoms with van der Waals surface area (Å²) in [6.07, 6.45) is 1.53. The van der Waals surface area contributed by atoms with Crippen molar-refractivity contribution in [2.24, 2.45) is 0 Å². The Morgan fingerprint density at radius 3 is 2.60 bits per heavy atom. The molecule has 0 aromatic heterocycles. The molecule has 0 aliphatic carbocycles. The summed E-state index contributed by atoms with van der Waals surface area (Å²) >= 11 is 0. The summed E-state index contributed by atoms with van der Waals surface area (Å²) in [6, 6.07) is 0. The molecule has 0 radical (unpaired) electrons. The number of hydrogen-bond acceptors (Lipinski definition) is 3. The van der Waals surface area contributed by atoms with Crippen LogP contribution in [-0.2, 0) is 9.47 Å². The largest absolute Gasteiger partial charge is 0.443 e. The molecule has 0 bridgehead atoms. The van der Waals surface area contributed by atoms with E-state index in [0.29, 0.717) is 5.76 Å². The van der Waals surface area contributed by atoms with E-state index in [1.165, 1.54) is 6.08 Å². The molecule has 0 aromatic rings. The van der Waals surface area contributed by atoms with Gasteiger partial charge in [-0.05, 0) is 6.92 Å². The number of aliphatic hydroxyl groups excluding tert-OH is 1. The minimum atomic E-state index is -1.20. The zero-order chi connectivity index (χ0) is 7.78. The molecule has 56 valence electrons. The quantitative estimate of drug-likeness (QED) is 0.549. The lowest BCUT2D eigenvalue weighted by Gasteiger charge is -2.14. The van der Waals surface area contributed by atoms with Gasteiger partial charge in [-0.2, -0.15) is 0 Å². The van der Waals surface area contributed by atoms with Gasteiger partial charge in [-0.25, -0.2) is 0 Å². The van der Waals surface area contributed by atoms with Crippen molar-refractivity contribution in [1.82, 2.24) is 0 Å². The van der Waals surface area contributed by atoms with Gasteiger partial charge in [0.1, 0.15) is 11.4 Å². The summed E-state index contributed by atoms with van der Waals surface area (Å²) in [7, 11) is 0. The SMILES string of the molecule is C=CC1(C)OC(O)OC1=C. The van der Waals surface area contributed by atoms with Gasteiger partial charge < -0.3 is 14.6 Å². The van der Waals surface area contributed by atoms with Gasteiger partial charge in [-0.1, -0.05) is 19.2 Å². The monoisotopic (exact) mass is 142 g/mol. The van der Waals surface area contributed by atoms with Crippen molar-refractivity contribution in [3.05, 3.63) is 25.0 Å². The van der Waals surface area contributed by atoms with Crippen LogP contribution < -0.4 is 0 Å². The molecule has 1 rings (SSSR count). The fourth-order valence-corrected chi connectivity index (χ4v) is 0.700. The molecule has 3 nitrogen and oxygen atoms in total. The van der Waals surface area contributed by atoms with Crippen LogP contribution in [0.25, 0.3) is 0 Å². The minimum Gasteiger partial charge on any atom is -0.443 e. The fourth-order valence-electron chi connectivity index (χ4n) is 0.700. The van der Waals surface area contributed by atoms with Crippen molar-refractivity contribution in [3.63, 3.8) is 0 Å². The zero-order valence-corrected chi connectivity index (χ0v) is 5.83. The van der Waals surface area contributed by atoms with Crippen molar-refractivity contribution in [2.45, 2.75) is 19.0 Å². The van der Waals surface area contributed by atoms with E-state index < -0.39 is 12.1 Å². The molecule has 10 heavy (non-hydrogen) atoms. The number of aliphatic hydroxyl groups is 1. The Kier molecular flexibility index (Phi) is 1.54. The van der Waals surface area contributed by atoms with Crippen LogP contribution >= 0.6 is 0 Å². The van der Waals surface area contributed by atoms with Crippen molar-refractivity contribution in [1.29, 1.82) is 0 Å². The van der Waals surface area contributed by atoms with Gasteiger partial charge in [0.15, 0.2) is 0 Å². The maximum Gasteiger partial charge on any atom is 0.314 e. The average Bonchev–Trinajstić information content (AvgIpc) is 2.09. The van der Waals surface area contributed by atoms with Crippen molar-refractivity contribution >= 4 is 0 Å². The molecule has 1 aliphatic rings. The molecule has 0 spiro atoms. The summed E-state index contributed by atoms with van der Waals surface area (Å²) < 4.78 is 9.66. The van der Waals surface area contributed by atoms with Crippen molar-refractivity contribution in [2.75, 3.05) is 0 Å². The molecule has 2 unspecified atom stereocenters. The lowest BCUT2D eigenvalue weighted by molar-refractivity contribution is -0.207. The third-order valence-electron chi connectivity index (χ3n) is 1.53. The molecule has 0 aromatic carbocycles. The van der Waals surface area contributed by atoms with E-state index in [-0.39, 0.29) is 0 Å². The van der Waals surface area contributed by atoms with E-state index in [4.69, 9.17) is 14.6 Å². The fraction of sp³-hybridized carbons (Fsp3) is 0.429. The Morgan fingerprint density at radius 2 is 2.40 bits per heavy atom. The lowest BCUT2D eigenvalue weighted by atomic mass is 10.1. The first-order valence-corrected chi connectivity index (χ1v) is 2.94. The van der Waals surface area contributed by atoms with E-state index in [9.17, 15) is 0 Å². The number of ether oxygens (including phenoxy) is 2. The highest BCUT2D eigenvalue weighted by Crippen LogP contribution is 2.31. The molecular formula is C7H10O3. The van der Waals surface area contributed by atoms with Crippen molar-refractivity contribution in [3.8, 4) is 0 Å². The molecule has 0 saturated carbocycles. The summed E-state index contributed by atoms with van der Waals surface area (Å²) in [6.45, 7) is 7.59. The summed E-state index contributed by atoms with van der Waals surface area (Å²) in [5.74, 6) is 0.384. The summed E-state index contributed by atoms with van der Waals surface area (Å²) in [5, 5.41) is 8.81. The maximum atomic E-state index is 8.81. The standard InChI is InChI=1S/C7H10O3/c1-4-7(3)5(2)9-6(8)10-7/h4,6,8H,1-2H2,3H3. The summed E-state index contributed by atoms with van der Waals surface area (Å²) in [5.41, 5.74) is -0.737. The smallest absolute Gasteiger partial charge is 0.314 e. The lowest BCUT2D eigenvalue weighted by Crippen LogP contribution is -2.22. The average molecular weight is 142 g/mol. The first-order valence-electron chi connectivity index (χ1n) is 2.94. The third-order valence-corrected chi connectivity index (χ3v) is 1.53. The second-order valence-electron chi connectivity index (χ2n) is 2.28. The Labute approximate surface area is 59.6 Å². The number of hydrogen-bond donors (Lipinski definition) is 1. The maximum absolute atomic E-state index is 8.81. The van der Waals surface area contributed by atoms with Crippen molar-refractivity contribution < 1.29 is 14.6 Å². The van der Waals surface area contributed by atoms with E-state index in [1.54, 1.807) is 6.92 Å². The Bertz CT molecular complexity index is 176. The highest BCUT2D eigenvalue weighted by atomic mass is 16.8. The molecule has 2 atom stereocenters. The molecular weight excluding hydrogens is 132 g/mol. The van der Waals surface area contributed by atoms with Crippen LogP contribution in [-0.4, -0.2) is 17.2 Å². The summed E-state index contributed by atoms with van der Waals surface area (Å²) in [4.78, 5) is 0. The number of rotatable bonds is 1. The first-order chi connectivity index (χ1) is 4.58. The minimum absolute atomic E-state index is 0.384. The predicted molar refractivity (Wildman–Crippen MR) is 35.9 cm³/mol. The van der Waals surface area contributed by atoms with Gasteiger partial charge in [0.05, 0.1) is 0 Å². The Morgan fingerprint density at radius 1 is 1.80 bits per heavy atom. The van der Waals surface area contributed by atoms with Crippen LogP contribution in [0.2, 0.25) is 0 Å². The molecule has 1 fully saturated rings. The van der Waals surface area contributed by atoms with Gasteiger partial charge in [-0.3, -0.25) is 0 Å². The third kappa shape index (κ3) is 0.936. The van der Waals surface area contributed by atoms with Crippen LogP contribution in [0.3, 0.4) is 0 Å². The van der Waals surface area contributed by atoms with Crippen LogP contribution in [0.1, 0.15) is 6.92 Å². The van der Waals surface area contributed by atoms with Crippen LogP contribution in [0.4, 0.5) is 0 Å². The van der Waals surface area contributed by atoms with Crippen LogP contribution in [0.15, 0.2) is 25.0 Å². The van der Waals surface area contributed by atoms with Gasteiger partial charge in [-0.15, -0.1) is 0 Å². The normalized spacial score (nSPS) is 39.4. The van der Waals surface area contributed by atoms with E-state index in [0.717, 1.165) is 0 Å². The molecule has 1 N–H and O–H groups in total. The molecule has 1 heterocycles. The van der Waals surface area contributed by atoms with Gasteiger partial charge in [0.25, 0.3) is 0 Å². The highest BCUT2D eigenvalue weighted by Gasteiger charge is 2.38. The van der Waals surface area contributed by atoms with E-state index >= 15 is 0 Å². The van der Waals surface area contributed by atoms with E-state index in [2.05, 4.69) is 13.2 Å². The van der Waals surface area contributed by atoms with Crippen LogP contribution in [0.5, 0.6) is 0 Å². The Balaban J connectivity index is 2.80. The highest BCUT2D eigenvalue weighted by molar-refractivity contribution is 5.16. The molecule has 3 heteroatoms. The molecule has 0 amide bonds. The predicted octanol–water partition coefficient (Wildman–Crippen LogP) is 0.767. The van der Waals surface area contributed by atoms with E-state index in [1.807, 2.05) is 0 Å². The van der Waals surface area contributed by atoms with Gasteiger partial charge in [0, 0.05) is 0 Å². The zero-order valence-electron chi connectivity index (χ0n) is 5.83. The van der Waals surface area contributed by atoms with Gasteiger partial charge in [0.2, 0.25) is 0 Å². The molecule has 1 saturated heterocycles. The second-order valence-corrected chi connectivity index (χ2v) is 2.28.